The van der Waals surface area contributed by atoms with Gasteiger partial charge >= 0.3 is 6.09 Å². The van der Waals surface area contributed by atoms with Crippen LogP contribution in [0, 0.1) is 0 Å². The van der Waals surface area contributed by atoms with Gasteiger partial charge in [-0.05, 0) is 68.1 Å². The number of piperidine rings is 1. The van der Waals surface area contributed by atoms with Crippen molar-refractivity contribution in [2.45, 2.75) is 51.7 Å². The maximum absolute atomic E-state index is 12.5. The van der Waals surface area contributed by atoms with E-state index in [2.05, 4.69) is 25.8 Å². The monoisotopic (exact) mass is 383 g/mol. The lowest BCUT2D eigenvalue weighted by atomic mass is 10.0. The lowest BCUT2D eigenvalue weighted by molar-refractivity contribution is 0.0108. The molecule has 1 atom stereocenters. The Balaban J connectivity index is 2.05. The number of hydrogen-bond donors (Lipinski definition) is 0. The van der Waals surface area contributed by atoms with Crippen molar-refractivity contribution in [3.63, 3.8) is 0 Å². The highest BCUT2D eigenvalue weighted by atomic mass is 79.9. The molecule has 1 aromatic rings. The van der Waals surface area contributed by atoms with Gasteiger partial charge < -0.3 is 14.5 Å². The minimum Gasteiger partial charge on any atom is -0.444 e. The van der Waals surface area contributed by atoms with Gasteiger partial charge in [0.15, 0.2) is 0 Å². The molecule has 1 aromatic heterocycles. The van der Waals surface area contributed by atoms with E-state index in [1.807, 2.05) is 50.9 Å². The Kier molecular flexibility index (Phi) is 5.89. The van der Waals surface area contributed by atoms with Crippen molar-refractivity contribution in [3.8, 4) is 0 Å². The molecule has 1 aliphatic rings. The fourth-order valence-corrected chi connectivity index (χ4v) is 3.11. The first-order valence-electron chi connectivity index (χ1n) is 8.09. The van der Waals surface area contributed by atoms with E-state index < -0.39 is 5.60 Å². The second-order valence-electron chi connectivity index (χ2n) is 7.02. The predicted octanol–water partition coefficient (Wildman–Crippen LogP) is 4.07. The van der Waals surface area contributed by atoms with E-state index >= 15 is 0 Å². The van der Waals surface area contributed by atoms with Crippen molar-refractivity contribution in [3.05, 3.63) is 22.8 Å². The number of likely N-dealkylation sites (N-methyl/N-ethyl adjacent to an activating group) is 1. The molecule has 5 nitrogen and oxygen atoms in total. The molecule has 0 radical (unpaired) electrons. The molecule has 0 saturated carbocycles. The zero-order valence-electron chi connectivity index (χ0n) is 14.4. The summed E-state index contributed by atoms with van der Waals surface area (Å²) >= 11 is 3.40. The predicted molar refractivity (Wildman–Crippen MR) is 95.8 cm³/mol. The SMILES string of the molecule is CN(CC1CCCCN1C(=O)OC(C)(C)C)c1cccc(Br)n1. The van der Waals surface area contributed by atoms with Gasteiger partial charge in [0, 0.05) is 20.1 Å². The molecule has 128 valence electrons. The molecule has 6 heteroatoms. The number of pyridine rings is 1. The molecule has 0 bridgehead atoms. The average Bonchev–Trinajstić information content (AvgIpc) is 2.46. The van der Waals surface area contributed by atoms with Crippen molar-refractivity contribution in [1.82, 2.24) is 9.88 Å². The Morgan fingerprint density at radius 2 is 2.17 bits per heavy atom. The van der Waals surface area contributed by atoms with Crippen LogP contribution in [0.3, 0.4) is 0 Å². The molecule has 0 aromatic carbocycles. The number of nitrogens with zero attached hydrogens (tertiary/aromatic N) is 3. The lowest BCUT2D eigenvalue weighted by Crippen LogP contribution is -2.50. The first-order chi connectivity index (χ1) is 10.8. The Morgan fingerprint density at radius 1 is 1.43 bits per heavy atom. The maximum Gasteiger partial charge on any atom is 0.410 e. The zero-order chi connectivity index (χ0) is 17.0. The zero-order valence-corrected chi connectivity index (χ0v) is 16.0. The third kappa shape index (κ3) is 5.37. The Bertz CT molecular complexity index is 545. The molecule has 1 amide bonds. The van der Waals surface area contributed by atoms with Gasteiger partial charge in [-0.1, -0.05) is 6.07 Å². The Labute approximate surface area is 147 Å². The summed E-state index contributed by atoms with van der Waals surface area (Å²) in [6.07, 6.45) is 2.97. The summed E-state index contributed by atoms with van der Waals surface area (Å²) in [4.78, 5) is 20.9. The quantitative estimate of drug-likeness (QED) is 0.737. The molecule has 0 N–H and O–H groups in total. The van der Waals surface area contributed by atoms with E-state index in [0.29, 0.717) is 0 Å². The first kappa shape index (κ1) is 18.0. The van der Waals surface area contributed by atoms with Crippen LogP contribution in [-0.2, 0) is 4.74 Å². The lowest BCUT2D eigenvalue weighted by Gasteiger charge is -2.38. The second kappa shape index (κ2) is 7.51. The molecule has 0 aliphatic carbocycles. The summed E-state index contributed by atoms with van der Waals surface area (Å²) in [5.41, 5.74) is -0.461. The molecule has 1 aliphatic heterocycles. The maximum atomic E-state index is 12.5. The summed E-state index contributed by atoms with van der Waals surface area (Å²) in [7, 11) is 2.01. The van der Waals surface area contributed by atoms with Crippen LogP contribution in [0.15, 0.2) is 22.8 Å². The van der Waals surface area contributed by atoms with Crippen LogP contribution >= 0.6 is 15.9 Å². The largest absolute Gasteiger partial charge is 0.444 e. The summed E-state index contributed by atoms with van der Waals surface area (Å²) < 4.78 is 6.37. The van der Waals surface area contributed by atoms with Crippen LogP contribution in [0.2, 0.25) is 0 Å². The van der Waals surface area contributed by atoms with E-state index in [0.717, 1.165) is 42.8 Å². The molecule has 2 heterocycles. The van der Waals surface area contributed by atoms with Crippen molar-refractivity contribution in [1.29, 1.82) is 0 Å². The van der Waals surface area contributed by atoms with Gasteiger partial charge in [0.25, 0.3) is 0 Å². The van der Waals surface area contributed by atoms with Crippen LogP contribution in [0.4, 0.5) is 10.6 Å². The Morgan fingerprint density at radius 3 is 2.83 bits per heavy atom. The van der Waals surface area contributed by atoms with Crippen LogP contribution in [0.1, 0.15) is 40.0 Å². The number of aromatic nitrogens is 1. The second-order valence-corrected chi connectivity index (χ2v) is 7.83. The highest BCUT2D eigenvalue weighted by molar-refractivity contribution is 9.10. The van der Waals surface area contributed by atoms with Crippen LogP contribution in [0.5, 0.6) is 0 Å². The van der Waals surface area contributed by atoms with E-state index in [-0.39, 0.29) is 12.1 Å². The number of halogens is 1. The van der Waals surface area contributed by atoms with Crippen LogP contribution in [0.25, 0.3) is 0 Å². The van der Waals surface area contributed by atoms with Crippen LogP contribution in [-0.4, -0.2) is 47.8 Å². The van der Waals surface area contributed by atoms with Crippen molar-refractivity contribution in [2.75, 3.05) is 25.0 Å². The summed E-state index contributed by atoms with van der Waals surface area (Å²) in [6.45, 7) is 7.23. The van der Waals surface area contributed by atoms with Gasteiger partial charge in [-0.15, -0.1) is 0 Å². The molecule has 23 heavy (non-hydrogen) atoms. The number of rotatable bonds is 3. The van der Waals surface area contributed by atoms with Crippen molar-refractivity contribution >= 4 is 27.8 Å². The topological polar surface area (TPSA) is 45.7 Å². The van der Waals surface area contributed by atoms with Gasteiger partial charge in [-0.2, -0.15) is 0 Å². The number of anilines is 1. The van der Waals surface area contributed by atoms with Crippen LogP contribution < -0.4 is 4.90 Å². The summed E-state index contributed by atoms with van der Waals surface area (Å²) in [5, 5.41) is 0. The molecular weight excluding hydrogens is 358 g/mol. The third-order valence-electron chi connectivity index (χ3n) is 3.83. The first-order valence-corrected chi connectivity index (χ1v) is 8.89. The van der Waals surface area contributed by atoms with E-state index in [1.165, 1.54) is 0 Å². The smallest absolute Gasteiger partial charge is 0.410 e. The Hall–Kier alpha value is -1.30. The van der Waals surface area contributed by atoms with E-state index in [1.54, 1.807) is 0 Å². The molecule has 1 fully saturated rings. The summed E-state index contributed by atoms with van der Waals surface area (Å²) in [6, 6.07) is 6.01. The van der Waals surface area contributed by atoms with Gasteiger partial charge in [0.05, 0.1) is 6.04 Å². The van der Waals surface area contributed by atoms with Gasteiger partial charge in [0.1, 0.15) is 16.0 Å². The fourth-order valence-electron chi connectivity index (χ4n) is 2.77. The van der Waals surface area contributed by atoms with Gasteiger partial charge in [-0.25, -0.2) is 9.78 Å². The number of hydrogen-bond acceptors (Lipinski definition) is 4. The number of carbonyl (C=O) groups is 1. The van der Waals surface area contributed by atoms with Gasteiger partial charge in [-0.3, -0.25) is 0 Å². The highest BCUT2D eigenvalue weighted by Gasteiger charge is 2.31. The molecular formula is C17H26BrN3O2. The minimum atomic E-state index is -0.461. The average molecular weight is 384 g/mol. The number of likely N-dealkylation sites (tertiary alicyclic amines) is 1. The molecule has 1 unspecified atom stereocenters. The molecule has 0 spiro atoms. The van der Waals surface area contributed by atoms with E-state index in [9.17, 15) is 4.79 Å². The normalized spacial score (nSPS) is 18.7. The summed E-state index contributed by atoms with van der Waals surface area (Å²) in [5.74, 6) is 0.897. The van der Waals surface area contributed by atoms with Crippen molar-refractivity contribution < 1.29 is 9.53 Å². The third-order valence-corrected chi connectivity index (χ3v) is 4.27. The van der Waals surface area contributed by atoms with Crippen molar-refractivity contribution in [2.24, 2.45) is 0 Å². The molecule has 1 saturated heterocycles. The number of ether oxygens (including phenoxy) is 1. The fraction of sp³-hybridized carbons (Fsp3) is 0.647. The van der Waals surface area contributed by atoms with E-state index in [4.69, 9.17) is 4.74 Å². The molecule has 2 rings (SSSR count). The standard InChI is InChI=1S/C17H26BrN3O2/c1-17(2,3)23-16(22)21-11-6-5-8-13(21)12-20(4)15-10-7-9-14(18)19-15/h7,9-10,13H,5-6,8,11-12H2,1-4H3. The number of amides is 1. The highest BCUT2D eigenvalue weighted by Crippen LogP contribution is 2.22. The number of carbonyl (C=O) groups excluding carboxylic acids is 1. The van der Waals surface area contributed by atoms with Gasteiger partial charge in [0.2, 0.25) is 0 Å². The minimum absolute atomic E-state index is 0.157.